The van der Waals surface area contributed by atoms with Gasteiger partial charge in [0.2, 0.25) is 0 Å². The summed E-state index contributed by atoms with van der Waals surface area (Å²) < 4.78 is 0. The van der Waals surface area contributed by atoms with Crippen LogP contribution in [0.5, 0.6) is 0 Å². The molecular weight excluding hydrogens is 192 g/mol. The van der Waals surface area contributed by atoms with Gasteiger partial charge in [-0.15, -0.1) is 0 Å². The van der Waals surface area contributed by atoms with Crippen molar-refractivity contribution in [3.63, 3.8) is 0 Å². The van der Waals surface area contributed by atoms with Gasteiger partial charge in [0.25, 0.3) is 5.97 Å². The van der Waals surface area contributed by atoms with E-state index < -0.39 is 5.97 Å². The van der Waals surface area contributed by atoms with Crippen molar-refractivity contribution in [2.75, 3.05) is 0 Å². The van der Waals surface area contributed by atoms with E-state index in [9.17, 15) is 5.11 Å². The third kappa shape index (κ3) is 1.89. The van der Waals surface area contributed by atoms with Gasteiger partial charge < -0.3 is 10.2 Å². The van der Waals surface area contributed by atoms with E-state index in [2.05, 4.69) is 20.8 Å². The number of aliphatic hydroxyl groups excluding tert-OH is 1. The molecule has 0 spiro atoms. The standard InChI is InChI=1S/C10H18O.C2H4O2/c1-9(2)7-4-5-10(9,3)8(11)6-7;1-2(3)4/h7-8,11H,4-6H2,1-3H3;1H3,(H,3,4)/t7-,8-,10-;/m1./s1. The lowest BCUT2D eigenvalue weighted by atomic mass is 9.70. The molecule has 0 aromatic rings. The van der Waals surface area contributed by atoms with Gasteiger partial charge in [-0.05, 0) is 36.0 Å². The van der Waals surface area contributed by atoms with E-state index >= 15 is 0 Å². The Hall–Kier alpha value is -0.570. The van der Waals surface area contributed by atoms with Crippen LogP contribution >= 0.6 is 0 Å². The molecule has 2 bridgehead atoms. The summed E-state index contributed by atoms with van der Waals surface area (Å²) in [6, 6.07) is 0. The fourth-order valence-electron chi connectivity index (χ4n) is 3.16. The quantitative estimate of drug-likeness (QED) is 0.650. The first-order chi connectivity index (χ1) is 6.72. The van der Waals surface area contributed by atoms with Gasteiger partial charge >= 0.3 is 0 Å². The lowest BCUT2D eigenvalue weighted by Gasteiger charge is -2.36. The van der Waals surface area contributed by atoms with E-state index in [1.54, 1.807) is 0 Å². The highest BCUT2D eigenvalue weighted by Gasteiger charge is 2.60. The summed E-state index contributed by atoms with van der Waals surface area (Å²) in [6.07, 6.45) is 3.58. The summed E-state index contributed by atoms with van der Waals surface area (Å²) in [7, 11) is 0. The minimum atomic E-state index is -0.833. The number of hydrogen-bond donors (Lipinski definition) is 2. The van der Waals surface area contributed by atoms with E-state index in [-0.39, 0.29) is 11.5 Å². The first-order valence-corrected chi connectivity index (χ1v) is 5.59. The van der Waals surface area contributed by atoms with Crippen molar-refractivity contribution >= 4 is 5.97 Å². The molecule has 88 valence electrons. The maximum atomic E-state index is 9.81. The van der Waals surface area contributed by atoms with Crippen LogP contribution in [0, 0.1) is 16.7 Å². The average molecular weight is 214 g/mol. The molecule has 2 rings (SSSR count). The molecule has 0 aromatic carbocycles. The van der Waals surface area contributed by atoms with Gasteiger partial charge in [-0.3, -0.25) is 4.79 Å². The van der Waals surface area contributed by atoms with E-state index in [1.807, 2.05) is 0 Å². The Morgan fingerprint density at radius 2 is 1.80 bits per heavy atom. The van der Waals surface area contributed by atoms with Crippen LogP contribution in [-0.4, -0.2) is 22.3 Å². The van der Waals surface area contributed by atoms with Crippen molar-refractivity contribution < 1.29 is 15.0 Å². The van der Waals surface area contributed by atoms with E-state index in [1.165, 1.54) is 12.8 Å². The monoisotopic (exact) mass is 214 g/mol. The van der Waals surface area contributed by atoms with Crippen LogP contribution in [0.2, 0.25) is 0 Å². The molecular formula is C12H22O3. The molecule has 2 saturated carbocycles. The maximum absolute atomic E-state index is 9.81. The third-order valence-electron chi connectivity index (χ3n) is 4.75. The second-order valence-corrected chi connectivity index (χ2v) is 5.65. The first-order valence-electron chi connectivity index (χ1n) is 5.59. The van der Waals surface area contributed by atoms with Gasteiger partial charge in [0.05, 0.1) is 6.10 Å². The molecule has 3 nitrogen and oxygen atoms in total. The fraction of sp³-hybridized carbons (Fsp3) is 0.917. The number of fused-ring (bicyclic) bond motifs is 2. The molecule has 2 fully saturated rings. The lowest BCUT2D eigenvalue weighted by Crippen LogP contribution is -2.35. The van der Waals surface area contributed by atoms with Crippen molar-refractivity contribution in [1.29, 1.82) is 0 Å². The van der Waals surface area contributed by atoms with E-state index in [0.29, 0.717) is 5.41 Å². The van der Waals surface area contributed by atoms with Crippen LogP contribution in [-0.2, 0) is 4.79 Å². The van der Waals surface area contributed by atoms with Crippen molar-refractivity contribution in [2.45, 2.75) is 53.1 Å². The molecule has 0 radical (unpaired) electrons. The molecule has 0 unspecified atom stereocenters. The van der Waals surface area contributed by atoms with Crippen LogP contribution < -0.4 is 0 Å². The zero-order valence-electron chi connectivity index (χ0n) is 10.1. The zero-order valence-corrected chi connectivity index (χ0v) is 10.1. The van der Waals surface area contributed by atoms with Crippen LogP contribution in [0.3, 0.4) is 0 Å². The smallest absolute Gasteiger partial charge is 0.300 e. The number of hydrogen-bond acceptors (Lipinski definition) is 2. The molecule has 3 heteroatoms. The Labute approximate surface area is 91.5 Å². The molecule has 0 heterocycles. The van der Waals surface area contributed by atoms with E-state index in [0.717, 1.165) is 19.3 Å². The van der Waals surface area contributed by atoms with Gasteiger partial charge in [-0.1, -0.05) is 20.8 Å². The Morgan fingerprint density at radius 1 is 1.33 bits per heavy atom. The van der Waals surface area contributed by atoms with Crippen molar-refractivity contribution in [1.82, 2.24) is 0 Å². The Bertz CT molecular complexity index is 256. The van der Waals surface area contributed by atoms with E-state index in [4.69, 9.17) is 9.90 Å². The summed E-state index contributed by atoms with van der Waals surface area (Å²) in [5.41, 5.74) is 0.601. The van der Waals surface area contributed by atoms with Gasteiger partial charge in [-0.25, -0.2) is 0 Å². The van der Waals surface area contributed by atoms with Crippen LogP contribution in [0.4, 0.5) is 0 Å². The van der Waals surface area contributed by atoms with Gasteiger partial charge in [0, 0.05) is 6.92 Å². The number of aliphatic hydroxyl groups is 1. The molecule has 0 amide bonds. The molecule has 2 aliphatic carbocycles. The molecule has 0 saturated heterocycles. The van der Waals surface area contributed by atoms with Crippen molar-refractivity contribution in [2.24, 2.45) is 16.7 Å². The average Bonchev–Trinajstić information content (AvgIpc) is 2.36. The highest BCUT2D eigenvalue weighted by molar-refractivity contribution is 5.62. The summed E-state index contributed by atoms with van der Waals surface area (Å²) in [4.78, 5) is 9.00. The summed E-state index contributed by atoms with van der Waals surface area (Å²) in [6.45, 7) is 7.98. The predicted octanol–water partition coefficient (Wildman–Crippen LogP) is 2.28. The summed E-state index contributed by atoms with van der Waals surface area (Å²) in [5.74, 6) is -0.0532. The van der Waals surface area contributed by atoms with Crippen LogP contribution in [0.15, 0.2) is 0 Å². The largest absolute Gasteiger partial charge is 0.481 e. The minimum absolute atomic E-state index is 0.0313. The molecule has 0 aliphatic heterocycles. The lowest BCUT2D eigenvalue weighted by molar-refractivity contribution is -0.134. The van der Waals surface area contributed by atoms with Gasteiger partial charge in [-0.2, -0.15) is 0 Å². The Morgan fingerprint density at radius 3 is 1.93 bits per heavy atom. The SMILES string of the molecule is CC(=O)O.CC1(C)[C@@H]2CC[C@]1(C)[C@H](O)C2. The number of carboxylic acid groups (broad SMARTS) is 1. The first kappa shape index (κ1) is 12.5. The Balaban J connectivity index is 0.000000245. The number of carbonyl (C=O) groups is 1. The predicted molar refractivity (Wildman–Crippen MR) is 58.5 cm³/mol. The second-order valence-electron chi connectivity index (χ2n) is 5.65. The van der Waals surface area contributed by atoms with Gasteiger partial charge in [0.1, 0.15) is 0 Å². The fourth-order valence-corrected chi connectivity index (χ4v) is 3.16. The van der Waals surface area contributed by atoms with Gasteiger partial charge in [0.15, 0.2) is 0 Å². The molecule has 2 N–H and O–H groups in total. The maximum Gasteiger partial charge on any atom is 0.300 e. The highest BCUT2D eigenvalue weighted by Crippen LogP contribution is 2.65. The van der Waals surface area contributed by atoms with Crippen LogP contribution in [0.1, 0.15) is 47.0 Å². The minimum Gasteiger partial charge on any atom is -0.481 e. The summed E-state index contributed by atoms with van der Waals surface area (Å²) in [5, 5.41) is 17.2. The number of rotatable bonds is 0. The van der Waals surface area contributed by atoms with Crippen LogP contribution in [0.25, 0.3) is 0 Å². The third-order valence-corrected chi connectivity index (χ3v) is 4.75. The highest BCUT2D eigenvalue weighted by atomic mass is 16.4. The number of carboxylic acids is 1. The topological polar surface area (TPSA) is 57.5 Å². The number of aliphatic carboxylic acids is 1. The zero-order chi connectivity index (χ0) is 11.9. The molecule has 15 heavy (non-hydrogen) atoms. The molecule has 2 aliphatic rings. The van der Waals surface area contributed by atoms with Crippen molar-refractivity contribution in [3.05, 3.63) is 0 Å². The molecule has 3 atom stereocenters. The summed E-state index contributed by atoms with van der Waals surface area (Å²) >= 11 is 0. The normalized spacial score (nSPS) is 40.9. The molecule has 0 aromatic heterocycles. The van der Waals surface area contributed by atoms with Crippen molar-refractivity contribution in [3.8, 4) is 0 Å². The Kier molecular flexibility index (Phi) is 3.15. The second kappa shape index (κ2) is 3.78.